The molecule has 0 atom stereocenters. The van der Waals surface area contributed by atoms with E-state index in [1.165, 1.54) is 4.57 Å². The highest BCUT2D eigenvalue weighted by atomic mass is 31.2. The Morgan fingerprint density at radius 3 is 2.80 bits per heavy atom. The predicted octanol–water partition coefficient (Wildman–Crippen LogP) is -0.851. The van der Waals surface area contributed by atoms with E-state index in [-0.39, 0.29) is 17.1 Å². The van der Waals surface area contributed by atoms with Crippen LogP contribution in [-0.4, -0.2) is 35.4 Å². The van der Waals surface area contributed by atoms with Gasteiger partial charge in [0, 0.05) is 6.54 Å². The standard InChI is InChI=1S/C9H14N5O5P/c1-2-3-13-8(15)6-7(12-9(13)10)11-4-14(6)19-5-20(16,17)18/h4H,2-3,5H2,1H3,(H2,10,12)(H2,16,17,18). The maximum Gasteiger partial charge on any atom is 0.365 e. The Morgan fingerprint density at radius 1 is 1.50 bits per heavy atom. The molecular formula is C9H14N5O5P. The highest BCUT2D eigenvalue weighted by molar-refractivity contribution is 7.51. The van der Waals surface area contributed by atoms with Crippen LogP contribution in [0.15, 0.2) is 11.1 Å². The molecule has 2 rings (SSSR count). The Bertz CT molecular complexity index is 732. The summed E-state index contributed by atoms with van der Waals surface area (Å²) in [6.45, 7) is 2.24. The lowest BCUT2D eigenvalue weighted by Crippen LogP contribution is -2.27. The minimum absolute atomic E-state index is 0.0129. The molecule has 0 unspecified atom stereocenters. The SMILES string of the molecule is CCCn1c(N)nc2ncn(OCP(=O)(O)O)c2c1=O. The topological polar surface area (TPSA) is 145 Å². The molecule has 2 aromatic rings. The molecule has 0 saturated heterocycles. The van der Waals surface area contributed by atoms with Crippen LogP contribution in [0.3, 0.4) is 0 Å². The van der Waals surface area contributed by atoms with E-state index >= 15 is 0 Å². The first-order valence-electron chi connectivity index (χ1n) is 5.74. The fraction of sp³-hybridized carbons (Fsp3) is 0.444. The zero-order chi connectivity index (χ0) is 14.9. The Labute approximate surface area is 112 Å². The molecule has 0 spiro atoms. The molecule has 0 aliphatic heterocycles. The van der Waals surface area contributed by atoms with Crippen molar-refractivity contribution < 1.29 is 19.2 Å². The summed E-state index contributed by atoms with van der Waals surface area (Å²) in [6.07, 6.45) is 0.926. The number of anilines is 1. The molecular weight excluding hydrogens is 289 g/mol. The van der Waals surface area contributed by atoms with Gasteiger partial charge < -0.3 is 20.4 Å². The largest absolute Gasteiger partial charge is 0.399 e. The van der Waals surface area contributed by atoms with Gasteiger partial charge in [-0.25, -0.2) is 4.98 Å². The van der Waals surface area contributed by atoms with Crippen molar-refractivity contribution in [1.29, 1.82) is 0 Å². The van der Waals surface area contributed by atoms with E-state index in [9.17, 15) is 9.36 Å². The van der Waals surface area contributed by atoms with E-state index in [0.717, 1.165) is 11.1 Å². The first-order valence-corrected chi connectivity index (χ1v) is 7.54. The van der Waals surface area contributed by atoms with E-state index in [1.54, 1.807) is 0 Å². The van der Waals surface area contributed by atoms with Gasteiger partial charge in [-0.3, -0.25) is 13.9 Å². The molecule has 0 radical (unpaired) electrons. The maximum absolute atomic E-state index is 12.3. The quantitative estimate of drug-likeness (QED) is 0.605. The number of aromatic nitrogens is 4. The van der Waals surface area contributed by atoms with Gasteiger partial charge in [0.2, 0.25) is 12.3 Å². The molecule has 10 nitrogen and oxygen atoms in total. The number of nitrogens with two attached hydrogens (primary N) is 1. The summed E-state index contributed by atoms with van der Waals surface area (Å²) in [7, 11) is -4.36. The van der Waals surface area contributed by atoms with E-state index in [2.05, 4.69) is 9.97 Å². The van der Waals surface area contributed by atoms with E-state index in [4.69, 9.17) is 20.4 Å². The molecule has 110 valence electrons. The van der Waals surface area contributed by atoms with Crippen molar-refractivity contribution in [2.24, 2.45) is 0 Å². The van der Waals surface area contributed by atoms with Crippen molar-refractivity contribution in [2.45, 2.75) is 19.9 Å². The van der Waals surface area contributed by atoms with Crippen LogP contribution in [0.5, 0.6) is 0 Å². The molecule has 20 heavy (non-hydrogen) atoms. The second-order valence-electron chi connectivity index (χ2n) is 4.09. The van der Waals surface area contributed by atoms with Crippen LogP contribution in [0.25, 0.3) is 11.2 Å². The van der Waals surface area contributed by atoms with Gasteiger partial charge in [-0.15, -0.1) is 0 Å². The third kappa shape index (κ3) is 2.82. The van der Waals surface area contributed by atoms with Gasteiger partial charge in [-0.1, -0.05) is 6.92 Å². The molecule has 0 amide bonds. The second-order valence-corrected chi connectivity index (χ2v) is 5.68. The Kier molecular flexibility index (Phi) is 3.80. The highest BCUT2D eigenvalue weighted by Gasteiger charge is 2.18. The average molecular weight is 303 g/mol. The fourth-order valence-corrected chi connectivity index (χ4v) is 1.95. The monoisotopic (exact) mass is 303 g/mol. The summed E-state index contributed by atoms with van der Waals surface area (Å²) in [4.78, 5) is 42.5. The van der Waals surface area contributed by atoms with Gasteiger partial charge in [0.05, 0.1) is 0 Å². The molecule has 4 N–H and O–H groups in total. The van der Waals surface area contributed by atoms with Crippen LogP contribution in [0, 0.1) is 0 Å². The second kappa shape index (κ2) is 5.23. The number of fused-ring (bicyclic) bond motifs is 1. The fourth-order valence-electron chi connectivity index (χ4n) is 1.67. The summed E-state index contributed by atoms with van der Waals surface area (Å²) >= 11 is 0. The molecule has 0 aromatic carbocycles. The van der Waals surface area contributed by atoms with Crippen molar-refractivity contribution >= 4 is 24.7 Å². The van der Waals surface area contributed by atoms with Gasteiger partial charge >= 0.3 is 7.60 Å². The van der Waals surface area contributed by atoms with Gasteiger partial charge in [0.1, 0.15) is 6.33 Å². The van der Waals surface area contributed by atoms with Crippen LogP contribution in [0.1, 0.15) is 13.3 Å². The van der Waals surface area contributed by atoms with Gasteiger partial charge in [-0.05, 0) is 6.42 Å². The van der Waals surface area contributed by atoms with Gasteiger partial charge in [-0.2, -0.15) is 9.71 Å². The van der Waals surface area contributed by atoms with Crippen LogP contribution in [0.4, 0.5) is 5.95 Å². The molecule has 0 saturated carbocycles. The first-order chi connectivity index (χ1) is 9.33. The lowest BCUT2D eigenvalue weighted by molar-refractivity contribution is 0.140. The summed E-state index contributed by atoms with van der Waals surface area (Å²) in [5.74, 6) is 0.0320. The Balaban J connectivity index is 2.51. The molecule has 0 aliphatic carbocycles. The summed E-state index contributed by atoms with van der Waals surface area (Å²) in [5.41, 5.74) is 5.24. The number of imidazole rings is 1. The molecule has 2 heterocycles. The number of rotatable bonds is 5. The third-order valence-electron chi connectivity index (χ3n) is 2.47. The van der Waals surface area contributed by atoms with Crippen LogP contribution >= 0.6 is 7.60 Å². The summed E-state index contributed by atoms with van der Waals surface area (Å²) < 4.78 is 12.9. The predicted molar refractivity (Wildman–Crippen MR) is 70.0 cm³/mol. The molecule has 2 aromatic heterocycles. The van der Waals surface area contributed by atoms with Crippen molar-refractivity contribution in [1.82, 2.24) is 19.3 Å². The Hall–Kier alpha value is -1.90. The van der Waals surface area contributed by atoms with Gasteiger partial charge in [0.15, 0.2) is 11.2 Å². The van der Waals surface area contributed by atoms with Crippen molar-refractivity contribution in [3.63, 3.8) is 0 Å². The number of nitrogens with zero attached hydrogens (tertiary/aromatic N) is 4. The molecule has 0 bridgehead atoms. The Morgan fingerprint density at radius 2 is 2.20 bits per heavy atom. The minimum Gasteiger partial charge on any atom is -0.399 e. The van der Waals surface area contributed by atoms with Crippen LogP contribution in [0.2, 0.25) is 0 Å². The summed E-state index contributed by atoms with van der Waals surface area (Å²) in [6, 6.07) is 0. The molecule has 0 fully saturated rings. The van der Waals surface area contributed by atoms with E-state index < -0.39 is 19.5 Å². The van der Waals surface area contributed by atoms with E-state index in [0.29, 0.717) is 13.0 Å². The minimum atomic E-state index is -4.36. The number of hydrogen-bond donors (Lipinski definition) is 3. The van der Waals surface area contributed by atoms with Crippen LogP contribution in [-0.2, 0) is 11.1 Å². The van der Waals surface area contributed by atoms with E-state index in [1.807, 2.05) is 6.92 Å². The van der Waals surface area contributed by atoms with Crippen LogP contribution < -0.4 is 16.1 Å². The van der Waals surface area contributed by atoms with Crippen molar-refractivity contribution in [3.8, 4) is 0 Å². The maximum atomic E-state index is 12.3. The van der Waals surface area contributed by atoms with Crippen molar-refractivity contribution in [3.05, 3.63) is 16.7 Å². The number of nitrogen functional groups attached to an aromatic ring is 1. The first kappa shape index (κ1) is 14.5. The highest BCUT2D eigenvalue weighted by Crippen LogP contribution is 2.32. The molecule has 11 heteroatoms. The smallest absolute Gasteiger partial charge is 0.365 e. The normalized spacial score (nSPS) is 11.9. The molecule has 0 aliphatic rings. The average Bonchev–Trinajstić information content (AvgIpc) is 2.74. The van der Waals surface area contributed by atoms with Crippen molar-refractivity contribution in [2.75, 3.05) is 12.1 Å². The van der Waals surface area contributed by atoms with Gasteiger partial charge in [0.25, 0.3) is 5.56 Å². The lowest BCUT2D eigenvalue weighted by Gasteiger charge is -2.10. The number of hydrogen-bond acceptors (Lipinski definition) is 6. The third-order valence-corrected chi connectivity index (χ3v) is 2.93. The lowest BCUT2D eigenvalue weighted by atomic mass is 10.4. The zero-order valence-corrected chi connectivity index (χ0v) is 11.5. The summed E-state index contributed by atoms with van der Waals surface area (Å²) in [5, 5.41) is 0. The zero-order valence-electron chi connectivity index (χ0n) is 10.6.